The zero-order valence-electron chi connectivity index (χ0n) is 10.3. The van der Waals surface area contributed by atoms with Crippen LogP contribution < -0.4 is 10.4 Å². The summed E-state index contributed by atoms with van der Waals surface area (Å²) < 4.78 is 10.2. The largest absolute Gasteiger partial charge is 0.426 e. The van der Waals surface area contributed by atoms with Gasteiger partial charge < -0.3 is 9.15 Å². The lowest BCUT2D eigenvalue weighted by molar-refractivity contribution is -0.138. The molecular weight excluding hydrogens is 232 g/mol. The van der Waals surface area contributed by atoms with Crippen LogP contribution in [0.5, 0.6) is 5.75 Å². The Bertz CT molecular complexity index is 627. The van der Waals surface area contributed by atoms with Crippen molar-refractivity contribution in [2.45, 2.75) is 20.3 Å². The van der Waals surface area contributed by atoms with E-state index in [2.05, 4.69) is 0 Å². The number of ether oxygens (including phenoxy) is 1. The zero-order valence-corrected chi connectivity index (χ0v) is 10.3. The van der Waals surface area contributed by atoms with E-state index in [0.29, 0.717) is 11.3 Å². The van der Waals surface area contributed by atoms with Gasteiger partial charge in [-0.25, -0.2) is 4.79 Å². The molecule has 18 heavy (non-hydrogen) atoms. The van der Waals surface area contributed by atoms with Crippen LogP contribution in [0.3, 0.4) is 0 Å². The van der Waals surface area contributed by atoms with E-state index in [9.17, 15) is 9.59 Å². The first-order valence-corrected chi connectivity index (χ1v) is 5.85. The van der Waals surface area contributed by atoms with Gasteiger partial charge in [0.15, 0.2) is 0 Å². The normalized spacial score (nSPS) is 12.3. The van der Waals surface area contributed by atoms with Crippen LogP contribution in [0.2, 0.25) is 0 Å². The van der Waals surface area contributed by atoms with E-state index in [-0.39, 0.29) is 11.9 Å². The van der Waals surface area contributed by atoms with Crippen molar-refractivity contribution >= 4 is 16.9 Å². The molecule has 1 aromatic heterocycles. The van der Waals surface area contributed by atoms with Gasteiger partial charge in [0.2, 0.25) is 0 Å². The predicted octanol–water partition coefficient (Wildman–Crippen LogP) is 2.74. The second-order valence-electron chi connectivity index (χ2n) is 4.18. The Morgan fingerprint density at radius 3 is 2.78 bits per heavy atom. The highest BCUT2D eigenvalue weighted by molar-refractivity contribution is 5.80. The van der Waals surface area contributed by atoms with Gasteiger partial charge in [-0.2, -0.15) is 0 Å². The van der Waals surface area contributed by atoms with Crippen LogP contribution in [0.1, 0.15) is 20.3 Å². The predicted molar refractivity (Wildman–Crippen MR) is 67.6 cm³/mol. The highest BCUT2D eigenvalue weighted by Gasteiger charge is 2.13. The highest BCUT2D eigenvalue weighted by atomic mass is 16.5. The first-order valence-electron chi connectivity index (χ1n) is 5.85. The maximum atomic E-state index is 11.6. The van der Waals surface area contributed by atoms with Gasteiger partial charge in [-0.3, -0.25) is 4.79 Å². The number of fused-ring (bicyclic) bond motifs is 1. The molecule has 0 aliphatic carbocycles. The van der Waals surface area contributed by atoms with Gasteiger partial charge in [0.25, 0.3) is 0 Å². The van der Waals surface area contributed by atoms with E-state index in [1.54, 1.807) is 24.3 Å². The van der Waals surface area contributed by atoms with E-state index in [0.717, 1.165) is 11.8 Å². The van der Waals surface area contributed by atoms with E-state index in [4.69, 9.17) is 9.15 Å². The van der Waals surface area contributed by atoms with Crippen LogP contribution >= 0.6 is 0 Å². The van der Waals surface area contributed by atoms with E-state index in [1.165, 1.54) is 6.07 Å². The molecular formula is C14H14O4. The summed E-state index contributed by atoms with van der Waals surface area (Å²) >= 11 is 0. The summed E-state index contributed by atoms with van der Waals surface area (Å²) in [5.74, 6) is -0.0410. The molecule has 2 rings (SSSR count). The molecule has 0 bridgehead atoms. The Labute approximate surface area is 104 Å². The van der Waals surface area contributed by atoms with Gasteiger partial charge in [0, 0.05) is 17.5 Å². The Kier molecular flexibility index (Phi) is 3.46. The van der Waals surface area contributed by atoms with Gasteiger partial charge in [-0.1, -0.05) is 13.8 Å². The molecule has 94 valence electrons. The lowest BCUT2D eigenvalue weighted by Gasteiger charge is -2.08. The fourth-order valence-electron chi connectivity index (χ4n) is 1.49. The summed E-state index contributed by atoms with van der Waals surface area (Å²) in [6.07, 6.45) is 0.724. The van der Waals surface area contributed by atoms with Crippen molar-refractivity contribution in [3.63, 3.8) is 0 Å². The van der Waals surface area contributed by atoms with Crippen LogP contribution in [0.15, 0.2) is 39.5 Å². The molecule has 0 aliphatic rings. The van der Waals surface area contributed by atoms with E-state index < -0.39 is 5.63 Å². The van der Waals surface area contributed by atoms with Crippen molar-refractivity contribution in [3.05, 3.63) is 40.8 Å². The first kappa shape index (κ1) is 12.4. The fraction of sp³-hybridized carbons (Fsp3) is 0.286. The molecule has 0 aliphatic heterocycles. The third kappa shape index (κ3) is 2.59. The molecule has 0 spiro atoms. The molecule has 4 nitrogen and oxygen atoms in total. The number of benzene rings is 1. The maximum absolute atomic E-state index is 11.6. The fourth-order valence-corrected chi connectivity index (χ4v) is 1.49. The number of hydrogen-bond acceptors (Lipinski definition) is 4. The molecule has 1 atom stereocenters. The van der Waals surface area contributed by atoms with Gasteiger partial charge in [-0.15, -0.1) is 0 Å². The lowest BCUT2D eigenvalue weighted by atomic mass is 10.1. The van der Waals surface area contributed by atoms with Crippen molar-refractivity contribution in [3.8, 4) is 5.75 Å². The summed E-state index contributed by atoms with van der Waals surface area (Å²) in [5.41, 5.74) is -0.00939. The number of esters is 1. The lowest BCUT2D eigenvalue weighted by Crippen LogP contribution is -2.16. The molecule has 1 unspecified atom stereocenters. The van der Waals surface area contributed by atoms with Crippen LogP contribution in [-0.2, 0) is 4.79 Å². The second-order valence-corrected chi connectivity index (χ2v) is 4.18. The summed E-state index contributed by atoms with van der Waals surface area (Å²) in [6, 6.07) is 8.01. The Morgan fingerprint density at radius 2 is 2.06 bits per heavy atom. The molecule has 1 aromatic carbocycles. The maximum Gasteiger partial charge on any atom is 0.336 e. The summed E-state index contributed by atoms with van der Waals surface area (Å²) in [4.78, 5) is 22.7. The van der Waals surface area contributed by atoms with Crippen LogP contribution in [0.4, 0.5) is 0 Å². The number of rotatable bonds is 3. The Morgan fingerprint density at radius 1 is 1.33 bits per heavy atom. The third-order valence-corrected chi connectivity index (χ3v) is 2.83. The highest BCUT2D eigenvalue weighted by Crippen LogP contribution is 2.20. The molecule has 0 saturated carbocycles. The van der Waals surface area contributed by atoms with Crippen molar-refractivity contribution in [1.82, 2.24) is 0 Å². The standard InChI is InChI=1S/C14H14O4/c1-3-9(2)14(16)17-11-6-4-10-5-7-13(15)18-12(10)8-11/h4-9H,3H2,1-2H3. The first-order chi connectivity index (χ1) is 8.60. The average Bonchev–Trinajstić information content (AvgIpc) is 2.37. The van der Waals surface area contributed by atoms with Crippen molar-refractivity contribution in [1.29, 1.82) is 0 Å². The molecule has 2 aromatic rings. The van der Waals surface area contributed by atoms with Gasteiger partial charge in [0.05, 0.1) is 5.92 Å². The Hall–Kier alpha value is -2.10. The molecule has 4 heteroatoms. The minimum Gasteiger partial charge on any atom is -0.426 e. The van der Waals surface area contributed by atoms with Crippen molar-refractivity contribution < 1.29 is 13.9 Å². The van der Waals surface area contributed by atoms with Crippen LogP contribution in [-0.4, -0.2) is 5.97 Å². The Balaban J connectivity index is 2.30. The SMILES string of the molecule is CCC(C)C(=O)Oc1ccc2ccc(=O)oc2c1. The number of carbonyl (C=O) groups excluding carboxylic acids is 1. The molecule has 0 saturated heterocycles. The molecule has 0 amide bonds. The minimum absolute atomic E-state index is 0.150. The van der Waals surface area contributed by atoms with Crippen molar-refractivity contribution in [2.24, 2.45) is 5.92 Å². The average molecular weight is 246 g/mol. The molecule has 0 radical (unpaired) electrons. The minimum atomic E-state index is -0.423. The zero-order chi connectivity index (χ0) is 13.1. The summed E-state index contributed by atoms with van der Waals surface area (Å²) in [7, 11) is 0. The number of carbonyl (C=O) groups is 1. The molecule has 0 N–H and O–H groups in total. The van der Waals surface area contributed by atoms with Crippen molar-refractivity contribution in [2.75, 3.05) is 0 Å². The summed E-state index contributed by atoms with van der Waals surface area (Å²) in [5, 5.41) is 0.790. The molecule has 0 fully saturated rings. The van der Waals surface area contributed by atoms with Gasteiger partial charge in [-0.05, 0) is 24.6 Å². The smallest absolute Gasteiger partial charge is 0.336 e. The summed E-state index contributed by atoms with van der Waals surface area (Å²) in [6.45, 7) is 3.73. The van der Waals surface area contributed by atoms with Gasteiger partial charge >= 0.3 is 11.6 Å². The quantitative estimate of drug-likeness (QED) is 0.474. The van der Waals surface area contributed by atoms with Crippen LogP contribution in [0, 0.1) is 5.92 Å². The monoisotopic (exact) mass is 246 g/mol. The van der Waals surface area contributed by atoms with E-state index in [1.807, 2.05) is 13.8 Å². The molecule has 1 heterocycles. The second kappa shape index (κ2) is 5.04. The van der Waals surface area contributed by atoms with E-state index >= 15 is 0 Å². The third-order valence-electron chi connectivity index (χ3n) is 2.83. The number of hydrogen-bond donors (Lipinski definition) is 0. The van der Waals surface area contributed by atoms with Crippen LogP contribution in [0.25, 0.3) is 11.0 Å². The van der Waals surface area contributed by atoms with Gasteiger partial charge in [0.1, 0.15) is 11.3 Å². The topological polar surface area (TPSA) is 56.5 Å².